The lowest BCUT2D eigenvalue weighted by molar-refractivity contribution is 0.000195. The molecule has 2 aliphatic carbocycles. The van der Waals surface area contributed by atoms with Gasteiger partial charge in [-0.2, -0.15) is 0 Å². The van der Waals surface area contributed by atoms with Crippen LogP contribution in [0, 0.1) is 6.92 Å². The van der Waals surface area contributed by atoms with Gasteiger partial charge in [0.15, 0.2) is 0 Å². The largest absolute Gasteiger partial charge is 0.465 e. The van der Waals surface area contributed by atoms with Crippen molar-refractivity contribution < 1.29 is 19.1 Å². The zero-order valence-electron chi connectivity index (χ0n) is 12.6. The summed E-state index contributed by atoms with van der Waals surface area (Å²) >= 11 is 0. The Balaban J connectivity index is 1.76. The molecule has 0 radical (unpaired) electrons. The molecule has 3 rings (SSSR count). The average molecular weight is 293 g/mol. The second-order valence-corrected chi connectivity index (χ2v) is 6.06. The lowest BCUT2D eigenvalue weighted by Crippen LogP contribution is -2.43. The van der Waals surface area contributed by atoms with Crippen LogP contribution in [-0.4, -0.2) is 36.4 Å². The molecule has 0 aromatic carbocycles. The fourth-order valence-electron chi connectivity index (χ4n) is 3.60. The summed E-state index contributed by atoms with van der Waals surface area (Å²) in [6, 6.07) is -0.240. The number of rotatable bonds is 3. The van der Waals surface area contributed by atoms with Crippen LogP contribution in [-0.2, 0) is 17.6 Å². The van der Waals surface area contributed by atoms with E-state index in [1.165, 1.54) is 0 Å². The van der Waals surface area contributed by atoms with Crippen molar-refractivity contribution in [3.8, 4) is 0 Å². The molecule has 0 saturated heterocycles. The van der Waals surface area contributed by atoms with Crippen molar-refractivity contribution in [2.45, 2.75) is 63.7 Å². The molecule has 1 aromatic heterocycles. The van der Waals surface area contributed by atoms with Crippen molar-refractivity contribution in [3.63, 3.8) is 0 Å². The first-order valence-electron chi connectivity index (χ1n) is 7.74. The SMILES string of the molecule is CO[C@@H]1CC[C@@H](NC(=O)c2c(C)oc3c2CCCC3)[C@H]1O. The highest BCUT2D eigenvalue weighted by atomic mass is 16.5. The predicted molar refractivity (Wildman–Crippen MR) is 77.4 cm³/mol. The number of aryl methyl sites for hydroxylation is 2. The van der Waals surface area contributed by atoms with Gasteiger partial charge in [0.1, 0.15) is 17.6 Å². The molecule has 1 saturated carbocycles. The minimum Gasteiger partial charge on any atom is -0.465 e. The predicted octanol–water partition coefficient (Wildman–Crippen LogP) is 1.73. The molecular formula is C16H23NO4. The van der Waals surface area contributed by atoms with Crippen LogP contribution in [0.5, 0.6) is 0 Å². The van der Waals surface area contributed by atoms with Crippen molar-refractivity contribution in [1.29, 1.82) is 0 Å². The normalized spacial score (nSPS) is 28.4. The van der Waals surface area contributed by atoms with E-state index in [9.17, 15) is 9.90 Å². The Morgan fingerprint density at radius 1 is 1.33 bits per heavy atom. The van der Waals surface area contributed by atoms with Crippen LogP contribution in [0.2, 0.25) is 0 Å². The van der Waals surface area contributed by atoms with Gasteiger partial charge in [-0.3, -0.25) is 4.79 Å². The molecule has 1 amide bonds. The van der Waals surface area contributed by atoms with Crippen LogP contribution >= 0.6 is 0 Å². The van der Waals surface area contributed by atoms with E-state index in [0.717, 1.165) is 49.8 Å². The van der Waals surface area contributed by atoms with Crippen LogP contribution < -0.4 is 5.32 Å². The molecule has 116 valence electrons. The molecule has 1 heterocycles. The van der Waals surface area contributed by atoms with Crippen molar-refractivity contribution in [2.24, 2.45) is 0 Å². The van der Waals surface area contributed by atoms with Gasteiger partial charge < -0.3 is 19.6 Å². The molecule has 0 unspecified atom stereocenters. The minimum absolute atomic E-state index is 0.125. The van der Waals surface area contributed by atoms with Gasteiger partial charge >= 0.3 is 0 Å². The number of fused-ring (bicyclic) bond motifs is 1. The van der Waals surface area contributed by atoms with Gasteiger partial charge in [-0.05, 0) is 39.0 Å². The number of hydrogen-bond donors (Lipinski definition) is 2. The van der Waals surface area contributed by atoms with Crippen molar-refractivity contribution in [2.75, 3.05) is 7.11 Å². The number of furan rings is 1. The Bertz CT molecular complexity index is 537. The summed E-state index contributed by atoms with van der Waals surface area (Å²) in [7, 11) is 1.59. The zero-order chi connectivity index (χ0) is 15.0. The number of amides is 1. The fraction of sp³-hybridized carbons (Fsp3) is 0.688. The Morgan fingerprint density at radius 3 is 2.81 bits per heavy atom. The summed E-state index contributed by atoms with van der Waals surface area (Å²) in [6.45, 7) is 1.84. The van der Waals surface area contributed by atoms with Gasteiger partial charge in [-0.15, -0.1) is 0 Å². The van der Waals surface area contributed by atoms with Gasteiger partial charge in [-0.25, -0.2) is 0 Å². The molecule has 1 aromatic rings. The van der Waals surface area contributed by atoms with E-state index in [-0.39, 0.29) is 18.1 Å². The number of carbonyl (C=O) groups excluding carboxylic acids is 1. The standard InChI is InChI=1S/C16H23NO4/c1-9-14(10-5-3-4-6-12(10)21-9)16(19)17-11-7-8-13(20-2)15(11)18/h11,13,15,18H,3-8H2,1-2H3,(H,17,19)/t11-,13-,15-/m1/s1. The topological polar surface area (TPSA) is 71.7 Å². The lowest BCUT2D eigenvalue weighted by Gasteiger charge is -2.20. The van der Waals surface area contributed by atoms with Gasteiger partial charge in [0.05, 0.1) is 17.7 Å². The van der Waals surface area contributed by atoms with Gasteiger partial charge in [0.25, 0.3) is 5.91 Å². The van der Waals surface area contributed by atoms with E-state index >= 15 is 0 Å². The van der Waals surface area contributed by atoms with Crippen LogP contribution in [0.3, 0.4) is 0 Å². The molecular weight excluding hydrogens is 270 g/mol. The number of methoxy groups -OCH3 is 1. The number of hydrogen-bond acceptors (Lipinski definition) is 4. The smallest absolute Gasteiger partial charge is 0.255 e. The maximum atomic E-state index is 12.6. The number of carbonyl (C=O) groups is 1. The third-order valence-corrected chi connectivity index (χ3v) is 4.75. The monoisotopic (exact) mass is 293 g/mol. The first kappa shape index (κ1) is 14.6. The second kappa shape index (κ2) is 5.81. The summed E-state index contributed by atoms with van der Waals surface area (Å²) in [6.07, 6.45) is 4.74. The Morgan fingerprint density at radius 2 is 2.10 bits per heavy atom. The number of aliphatic hydroxyl groups is 1. The van der Waals surface area contributed by atoms with E-state index in [2.05, 4.69) is 5.32 Å². The lowest BCUT2D eigenvalue weighted by atomic mass is 9.94. The van der Waals surface area contributed by atoms with Crippen LogP contribution in [0.4, 0.5) is 0 Å². The molecule has 5 nitrogen and oxygen atoms in total. The number of nitrogens with one attached hydrogen (secondary N) is 1. The Kier molecular flexibility index (Phi) is 4.04. The fourth-order valence-corrected chi connectivity index (χ4v) is 3.60. The van der Waals surface area contributed by atoms with Crippen molar-refractivity contribution in [3.05, 3.63) is 22.6 Å². The molecule has 5 heteroatoms. The van der Waals surface area contributed by atoms with Crippen LogP contribution in [0.15, 0.2) is 4.42 Å². The maximum Gasteiger partial charge on any atom is 0.255 e. The number of aliphatic hydroxyl groups excluding tert-OH is 1. The highest BCUT2D eigenvalue weighted by molar-refractivity contribution is 5.97. The molecule has 0 bridgehead atoms. The highest BCUT2D eigenvalue weighted by Crippen LogP contribution is 2.30. The summed E-state index contributed by atoms with van der Waals surface area (Å²) in [4.78, 5) is 12.6. The Labute approximate surface area is 124 Å². The van der Waals surface area contributed by atoms with Crippen molar-refractivity contribution in [1.82, 2.24) is 5.32 Å². The van der Waals surface area contributed by atoms with Crippen LogP contribution in [0.25, 0.3) is 0 Å². The minimum atomic E-state index is -0.637. The van der Waals surface area contributed by atoms with E-state index in [1.54, 1.807) is 7.11 Å². The first-order chi connectivity index (χ1) is 10.1. The summed E-state index contributed by atoms with van der Waals surface area (Å²) in [5.74, 6) is 1.53. The first-order valence-corrected chi connectivity index (χ1v) is 7.74. The number of ether oxygens (including phenoxy) is 1. The molecule has 1 fully saturated rings. The van der Waals surface area contributed by atoms with Gasteiger partial charge in [0, 0.05) is 19.1 Å². The third-order valence-electron chi connectivity index (χ3n) is 4.75. The summed E-state index contributed by atoms with van der Waals surface area (Å²) in [5.41, 5.74) is 1.74. The molecule has 2 N–H and O–H groups in total. The highest BCUT2D eigenvalue weighted by Gasteiger charge is 2.37. The molecule has 0 aliphatic heterocycles. The van der Waals surface area contributed by atoms with Crippen LogP contribution in [0.1, 0.15) is 53.1 Å². The third kappa shape index (κ3) is 2.60. The maximum absolute atomic E-state index is 12.6. The van der Waals surface area contributed by atoms with E-state index in [4.69, 9.17) is 9.15 Å². The summed E-state index contributed by atoms with van der Waals surface area (Å²) < 4.78 is 11.0. The quantitative estimate of drug-likeness (QED) is 0.890. The van der Waals surface area contributed by atoms with Gasteiger partial charge in [0.2, 0.25) is 0 Å². The van der Waals surface area contributed by atoms with E-state index in [0.29, 0.717) is 11.3 Å². The van der Waals surface area contributed by atoms with E-state index < -0.39 is 6.10 Å². The van der Waals surface area contributed by atoms with Crippen molar-refractivity contribution >= 4 is 5.91 Å². The van der Waals surface area contributed by atoms with Gasteiger partial charge in [-0.1, -0.05) is 0 Å². The van der Waals surface area contributed by atoms with E-state index in [1.807, 2.05) is 6.92 Å². The molecule has 21 heavy (non-hydrogen) atoms. The Hall–Kier alpha value is -1.33. The molecule has 0 spiro atoms. The zero-order valence-corrected chi connectivity index (χ0v) is 12.6. The molecule has 2 aliphatic rings. The average Bonchev–Trinajstić information content (AvgIpc) is 2.98. The molecule has 3 atom stereocenters. The summed E-state index contributed by atoms with van der Waals surface area (Å²) in [5, 5.41) is 13.1. The second-order valence-electron chi connectivity index (χ2n) is 6.06.